The van der Waals surface area contributed by atoms with Crippen LogP contribution in [0.2, 0.25) is 0 Å². The van der Waals surface area contributed by atoms with Gasteiger partial charge in [-0.2, -0.15) is 0 Å². The van der Waals surface area contributed by atoms with Crippen molar-refractivity contribution >= 4 is 40.7 Å². The molecule has 1 saturated carbocycles. The smallest absolute Gasteiger partial charge is 0.229 e. The molecule has 6 heteroatoms. The third-order valence-corrected chi connectivity index (χ3v) is 4.56. The minimum absolute atomic E-state index is 0.134. The van der Waals surface area contributed by atoms with Crippen LogP contribution >= 0.6 is 23.2 Å². The van der Waals surface area contributed by atoms with Gasteiger partial charge in [0.25, 0.3) is 0 Å². The first-order valence-corrected chi connectivity index (χ1v) is 7.03. The number of carbonyl (C=O) groups excluding carboxylic acids is 2. The highest BCUT2D eigenvalue weighted by Crippen LogP contribution is 2.63. The summed E-state index contributed by atoms with van der Waals surface area (Å²) in [6.07, 6.45) is 0.459. The first kappa shape index (κ1) is 15.1. The Morgan fingerprint density at radius 1 is 1.35 bits per heavy atom. The summed E-state index contributed by atoms with van der Waals surface area (Å²) in [7, 11) is 0. The topological polar surface area (TPSA) is 58.2 Å². The van der Waals surface area contributed by atoms with Gasteiger partial charge in [-0.3, -0.25) is 9.59 Å². The lowest BCUT2D eigenvalue weighted by atomic mass is 10.1. The maximum atomic E-state index is 12.0. The summed E-state index contributed by atoms with van der Waals surface area (Å²) in [6, 6.07) is 7.29. The van der Waals surface area contributed by atoms with E-state index in [-0.39, 0.29) is 11.8 Å². The van der Waals surface area contributed by atoms with Gasteiger partial charge in [0.2, 0.25) is 11.8 Å². The largest absolute Gasteiger partial charge is 0.351 e. The maximum Gasteiger partial charge on any atom is 0.229 e. The van der Waals surface area contributed by atoms with E-state index in [9.17, 15) is 9.59 Å². The number of nitrogens with one attached hydrogen (secondary N) is 2. The molecule has 0 spiro atoms. The first-order valence-electron chi connectivity index (χ1n) is 6.27. The van der Waals surface area contributed by atoms with Gasteiger partial charge in [0.1, 0.15) is 4.33 Å². The zero-order valence-corrected chi connectivity index (χ0v) is 12.8. The molecule has 1 aliphatic rings. The summed E-state index contributed by atoms with van der Waals surface area (Å²) >= 11 is 11.9. The van der Waals surface area contributed by atoms with Crippen molar-refractivity contribution in [2.24, 2.45) is 5.41 Å². The maximum absolute atomic E-state index is 12.0. The number of amides is 2. The average Bonchev–Trinajstić information content (AvgIpc) is 2.86. The molecule has 1 fully saturated rings. The molecular formula is C14H16Cl2N2O2. The number of halogens is 2. The predicted molar refractivity (Wildman–Crippen MR) is 79.8 cm³/mol. The molecule has 1 aliphatic carbocycles. The predicted octanol–water partition coefficient (Wildman–Crippen LogP) is 2.85. The van der Waals surface area contributed by atoms with Crippen molar-refractivity contribution in [3.05, 3.63) is 29.8 Å². The van der Waals surface area contributed by atoms with E-state index in [1.165, 1.54) is 6.92 Å². The van der Waals surface area contributed by atoms with E-state index in [0.29, 0.717) is 18.7 Å². The Bertz CT molecular complexity index is 560. The highest BCUT2D eigenvalue weighted by atomic mass is 35.5. The van der Waals surface area contributed by atoms with Gasteiger partial charge in [-0.25, -0.2) is 0 Å². The Kier molecular flexibility index (Phi) is 3.98. The van der Waals surface area contributed by atoms with Crippen molar-refractivity contribution in [2.75, 3.05) is 5.32 Å². The van der Waals surface area contributed by atoms with Crippen LogP contribution in [0.4, 0.5) is 5.69 Å². The molecule has 2 amide bonds. The van der Waals surface area contributed by atoms with Gasteiger partial charge in [0.15, 0.2) is 0 Å². The Labute approximate surface area is 127 Å². The number of alkyl halides is 2. The van der Waals surface area contributed by atoms with Crippen molar-refractivity contribution in [2.45, 2.75) is 31.1 Å². The molecule has 1 aromatic rings. The van der Waals surface area contributed by atoms with Crippen LogP contribution in [0.3, 0.4) is 0 Å². The molecule has 0 aliphatic heterocycles. The quantitative estimate of drug-likeness (QED) is 0.840. The fourth-order valence-corrected chi connectivity index (χ4v) is 2.69. The second-order valence-corrected chi connectivity index (χ2v) is 6.76. The number of hydrogen-bond acceptors (Lipinski definition) is 2. The molecule has 2 rings (SSSR count). The highest BCUT2D eigenvalue weighted by Gasteiger charge is 2.67. The van der Waals surface area contributed by atoms with Crippen molar-refractivity contribution < 1.29 is 9.59 Å². The Balaban J connectivity index is 1.95. The van der Waals surface area contributed by atoms with Crippen molar-refractivity contribution in [3.63, 3.8) is 0 Å². The molecule has 1 atom stereocenters. The van der Waals surface area contributed by atoms with Crippen LogP contribution in [0, 0.1) is 5.41 Å². The summed E-state index contributed by atoms with van der Waals surface area (Å²) in [5.74, 6) is -0.293. The zero-order valence-electron chi connectivity index (χ0n) is 11.3. The summed E-state index contributed by atoms with van der Waals surface area (Å²) in [5, 5.41) is 5.51. The summed E-state index contributed by atoms with van der Waals surface area (Å²) in [6.45, 7) is 3.56. The molecule has 20 heavy (non-hydrogen) atoms. The Morgan fingerprint density at radius 3 is 2.55 bits per heavy atom. The van der Waals surface area contributed by atoms with E-state index < -0.39 is 9.75 Å². The van der Waals surface area contributed by atoms with Gasteiger partial charge in [-0.05, 0) is 31.0 Å². The van der Waals surface area contributed by atoms with Crippen LogP contribution in [0.25, 0.3) is 0 Å². The van der Waals surface area contributed by atoms with Crippen LogP contribution < -0.4 is 10.6 Å². The Morgan fingerprint density at radius 2 is 2.00 bits per heavy atom. The highest BCUT2D eigenvalue weighted by molar-refractivity contribution is 6.53. The molecule has 0 radical (unpaired) electrons. The summed E-state index contributed by atoms with van der Waals surface area (Å²) < 4.78 is -0.963. The fraction of sp³-hybridized carbons (Fsp3) is 0.429. The lowest BCUT2D eigenvalue weighted by molar-refractivity contribution is -0.126. The van der Waals surface area contributed by atoms with E-state index in [0.717, 1.165) is 5.56 Å². The standard InChI is InChI=1S/C14H16Cl2N2O2/c1-9(19)18-11-5-3-4-10(6-11)7-17-12(20)13(2)8-14(13,15)16/h3-6H,7-8H2,1-2H3,(H,17,20)(H,18,19). The molecule has 0 aromatic heterocycles. The van der Waals surface area contributed by atoms with Gasteiger partial charge < -0.3 is 10.6 Å². The monoisotopic (exact) mass is 314 g/mol. The lowest BCUT2D eigenvalue weighted by Crippen LogP contribution is -2.32. The summed E-state index contributed by atoms with van der Waals surface area (Å²) in [4.78, 5) is 23.0. The van der Waals surface area contributed by atoms with Crippen LogP contribution in [0.15, 0.2) is 24.3 Å². The number of hydrogen-bond donors (Lipinski definition) is 2. The van der Waals surface area contributed by atoms with Crippen LogP contribution in [-0.4, -0.2) is 16.1 Å². The van der Waals surface area contributed by atoms with Gasteiger partial charge in [-0.1, -0.05) is 12.1 Å². The fourth-order valence-electron chi connectivity index (χ4n) is 1.99. The first-order chi connectivity index (χ1) is 9.24. The van der Waals surface area contributed by atoms with Crippen molar-refractivity contribution in [3.8, 4) is 0 Å². The lowest BCUT2D eigenvalue weighted by Gasteiger charge is -2.13. The van der Waals surface area contributed by atoms with Crippen LogP contribution in [-0.2, 0) is 16.1 Å². The van der Waals surface area contributed by atoms with Crippen molar-refractivity contribution in [1.82, 2.24) is 5.32 Å². The molecule has 2 N–H and O–H groups in total. The van der Waals surface area contributed by atoms with Crippen molar-refractivity contribution in [1.29, 1.82) is 0 Å². The van der Waals surface area contributed by atoms with Crippen LogP contribution in [0.1, 0.15) is 25.8 Å². The van der Waals surface area contributed by atoms with E-state index in [2.05, 4.69) is 10.6 Å². The molecule has 0 heterocycles. The average molecular weight is 315 g/mol. The zero-order chi connectivity index (χ0) is 15.0. The molecule has 4 nitrogen and oxygen atoms in total. The van der Waals surface area contributed by atoms with E-state index in [1.807, 2.05) is 18.2 Å². The van der Waals surface area contributed by atoms with Gasteiger partial charge in [-0.15, -0.1) is 23.2 Å². The van der Waals surface area contributed by atoms with Gasteiger partial charge >= 0.3 is 0 Å². The molecule has 1 aromatic carbocycles. The van der Waals surface area contributed by atoms with E-state index >= 15 is 0 Å². The molecule has 1 unspecified atom stereocenters. The number of rotatable bonds is 4. The minimum Gasteiger partial charge on any atom is -0.351 e. The van der Waals surface area contributed by atoms with Gasteiger partial charge in [0.05, 0.1) is 5.41 Å². The second kappa shape index (κ2) is 5.26. The summed E-state index contributed by atoms with van der Waals surface area (Å²) in [5.41, 5.74) is 0.875. The normalized spacial score (nSPS) is 23.0. The van der Waals surface area contributed by atoms with Gasteiger partial charge in [0, 0.05) is 19.2 Å². The Hall–Kier alpha value is -1.26. The van der Waals surface area contributed by atoms with Crippen LogP contribution in [0.5, 0.6) is 0 Å². The third-order valence-electron chi connectivity index (χ3n) is 3.46. The minimum atomic E-state index is -0.963. The number of benzene rings is 1. The number of anilines is 1. The second-order valence-electron chi connectivity index (χ2n) is 5.28. The molecule has 108 valence electrons. The van der Waals surface area contributed by atoms with E-state index in [4.69, 9.17) is 23.2 Å². The van der Waals surface area contributed by atoms with E-state index in [1.54, 1.807) is 13.0 Å². The SMILES string of the molecule is CC(=O)Nc1cccc(CNC(=O)C2(C)CC2(Cl)Cl)c1. The molecule has 0 saturated heterocycles. The third kappa shape index (κ3) is 3.07. The number of carbonyl (C=O) groups is 2. The molecule has 0 bridgehead atoms. The molecular weight excluding hydrogens is 299 g/mol.